The van der Waals surface area contributed by atoms with Crippen molar-refractivity contribution in [2.45, 2.75) is 52.6 Å². The van der Waals surface area contributed by atoms with E-state index < -0.39 is 0 Å². The molecule has 4 nitrogen and oxygen atoms in total. The first-order valence-electron chi connectivity index (χ1n) is 7.67. The number of amides is 1. The summed E-state index contributed by atoms with van der Waals surface area (Å²) in [6, 6.07) is 6.40. The molecule has 2 N–H and O–H groups in total. The lowest BCUT2D eigenvalue weighted by molar-refractivity contribution is -0.123. The van der Waals surface area contributed by atoms with Crippen molar-refractivity contribution in [2.24, 2.45) is 0 Å². The zero-order chi connectivity index (χ0) is 15.8. The lowest BCUT2D eigenvalue weighted by atomic mass is 10.0. The van der Waals surface area contributed by atoms with Crippen molar-refractivity contribution in [3.05, 3.63) is 29.3 Å². The lowest BCUT2D eigenvalue weighted by Gasteiger charge is -2.18. The van der Waals surface area contributed by atoms with Gasteiger partial charge in [-0.25, -0.2) is 0 Å². The average molecular weight is 292 g/mol. The highest BCUT2D eigenvalue weighted by Crippen LogP contribution is 2.26. The maximum Gasteiger partial charge on any atom is 0.258 e. The first-order chi connectivity index (χ1) is 9.97. The number of benzene rings is 1. The van der Waals surface area contributed by atoms with Gasteiger partial charge in [0, 0.05) is 17.6 Å². The smallest absolute Gasteiger partial charge is 0.258 e. The van der Waals surface area contributed by atoms with Gasteiger partial charge in [0.05, 0.1) is 0 Å². The molecule has 21 heavy (non-hydrogen) atoms. The standard InChI is InChI=1S/C17H28N2O2/c1-6-7-13(3)19-17(20)11-21-16-9-8-12(2)10-15(16)14(4)18-5/h8-10,13-14,18H,6-7,11H2,1-5H3,(H,19,20). The fourth-order valence-electron chi connectivity index (χ4n) is 2.26. The summed E-state index contributed by atoms with van der Waals surface area (Å²) < 4.78 is 5.70. The molecular weight excluding hydrogens is 264 g/mol. The van der Waals surface area contributed by atoms with Gasteiger partial charge in [0.15, 0.2) is 6.61 Å². The Morgan fingerprint density at radius 3 is 2.67 bits per heavy atom. The first kappa shape index (κ1) is 17.5. The van der Waals surface area contributed by atoms with Crippen molar-refractivity contribution in [1.82, 2.24) is 10.6 Å². The van der Waals surface area contributed by atoms with Crippen molar-refractivity contribution in [1.29, 1.82) is 0 Å². The molecule has 0 bridgehead atoms. The molecular formula is C17H28N2O2. The highest BCUT2D eigenvalue weighted by Gasteiger charge is 2.13. The van der Waals surface area contributed by atoms with Gasteiger partial charge in [0.25, 0.3) is 5.91 Å². The van der Waals surface area contributed by atoms with E-state index in [2.05, 4.69) is 37.5 Å². The lowest BCUT2D eigenvalue weighted by Crippen LogP contribution is -2.36. The van der Waals surface area contributed by atoms with Crippen LogP contribution in [0, 0.1) is 6.92 Å². The third-order valence-electron chi connectivity index (χ3n) is 3.55. The molecule has 0 saturated carbocycles. The van der Waals surface area contributed by atoms with Crippen LogP contribution < -0.4 is 15.4 Å². The van der Waals surface area contributed by atoms with Crippen LogP contribution in [0.5, 0.6) is 5.75 Å². The topological polar surface area (TPSA) is 50.4 Å². The number of nitrogens with one attached hydrogen (secondary N) is 2. The molecule has 1 aromatic carbocycles. The SMILES string of the molecule is CCCC(C)NC(=O)COc1ccc(C)cc1C(C)NC. The number of ether oxygens (including phenoxy) is 1. The summed E-state index contributed by atoms with van der Waals surface area (Å²) in [4.78, 5) is 11.9. The van der Waals surface area contributed by atoms with Crippen LogP contribution in [0.3, 0.4) is 0 Å². The Balaban J connectivity index is 2.64. The number of rotatable bonds is 8. The predicted molar refractivity (Wildman–Crippen MR) is 86.7 cm³/mol. The molecule has 0 spiro atoms. The van der Waals surface area contributed by atoms with Crippen LogP contribution in [-0.4, -0.2) is 25.6 Å². The van der Waals surface area contributed by atoms with Gasteiger partial charge in [0.2, 0.25) is 0 Å². The van der Waals surface area contributed by atoms with Gasteiger partial charge in [-0.05, 0) is 40.3 Å². The number of aryl methyl sites for hydroxylation is 1. The summed E-state index contributed by atoms with van der Waals surface area (Å²) >= 11 is 0. The summed E-state index contributed by atoms with van der Waals surface area (Å²) in [5, 5.41) is 6.15. The van der Waals surface area contributed by atoms with Crippen LogP contribution in [0.4, 0.5) is 0 Å². The summed E-state index contributed by atoms with van der Waals surface area (Å²) in [5.41, 5.74) is 2.26. The van der Waals surface area contributed by atoms with E-state index >= 15 is 0 Å². The number of carbonyl (C=O) groups excluding carboxylic acids is 1. The minimum absolute atomic E-state index is 0.0561. The number of carbonyl (C=O) groups is 1. The molecule has 0 fully saturated rings. The van der Waals surface area contributed by atoms with Gasteiger partial charge < -0.3 is 15.4 Å². The second-order valence-corrected chi connectivity index (χ2v) is 5.60. The molecule has 2 unspecified atom stereocenters. The Morgan fingerprint density at radius 2 is 2.05 bits per heavy atom. The Bertz CT molecular complexity index is 460. The van der Waals surface area contributed by atoms with Gasteiger partial charge >= 0.3 is 0 Å². The van der Waals surface area contributed by atoms with E-state index in [4.69, 9.17) is 4.74 Å². The van der Waals surface area contributed by atoms with Gasteiger partial charge in [-0.2, -0.15) is 0 Å². The van der Waals surface area contributed by atoms with E-state index in [0.29, 0.717) is 0 Å². The highest BCUT2D eigenvalue weighted by molar-refractivity contribution is 5.77. The molecule has 1 rings (SSSR count). The molecule has 0 aliphatic rings. The Morgan fingerprint density at radius 1 is 1.33 bits per heavy atom. The molecule has 1 aromatic rings. The van der Waals surface area contributed by atoms with Crippen molar-refractivity contribution >= 4 is 5.91 Å². The molecule has 0 radical (unpaired) electrons. The maximum atomic E-state index is 11.9. The van der Waals surface area contributed by atoms with Crippen LogP contribution in [0.2, 0.25) is 0 Å². The monoisotopic (exact) mass is 292 g/mol. The largest absolute Gasteiger partial charge is 0.483 e. The zero-order valence-electron chi connectivity index (χ0n) is 13.8. The normalized spacial score (nSPS) is 13.6. The molecule has 0 aliphatic heterocycles. The second-order valence-electron chi connectivity index (χ2n) is 5.60. The van der Waals surface area contributed by atoms with E-state index in [0.717, 1.165) is 24.2 Å². The average Bonchev–Trinajstić information content (AvgIpc) is 2.45. The van der Waals surface area contributed by atoms with E-state index in [9.17, 15) is 4.79 Å². The summed E-state index contributed by atoms with van der Waals surface area (Å²) in [5.74, 6) is 0.695. The van der Waals surface area contributed by atoms with E-state index in [-0.39, 0.29) is 24.6 Å². The van der Waals surface area contributed by atoms with Crippen molar-refractivity contribution < 1.29 is 9.53 Å². The Labute approximate surface area is 128 Å². The molecule has 0 heterocycles. The third-order valence-corrected chi connectivity index (χ3v) is 3.55. The number of hydrogen-bond donors (Lipinski definition) is 2. The van der Waals surface area contributed by atoms with Crippen molar-refractivity contribution in [2.75, 3.05) is 13.7 Å². The van der Waals surface area contributed by atoms with E-state index in [1.807, 2.05) is 26.1 Å². The molecule has 0 aliphatic carbocycles. The molecule has 1 amide bonds. The van der Waals surface area contributed by atoms with Gasteiger partial charge in [-0.15, -0.1) is 0 Å². The zero-order valence-corrected chi connectivity index (χ0v) is 13.8. The van der Waals surface area contributed by atoms with Crippen molar-refractivity contribution in [3.8, 4) is 5.75 Å². The third kappa shape index (κ3) is 5.76. The van der Waals surface area contributed by atoms with Gasteiger partial charge in [-0.3, -0.25) is 4.79 Å². The van der Waals surface area contributed by atoms with Crippen LogP contribution in [0.15, 0.2) is 18.2 Å². The first-order valence-corrected chi connectivity index (χ1v) is 7.67. The van der Waals surface area contributed by atoms with E-state index in [1.54, 1.807) is 0 Å². The number of hydrogen-bond acceptors (Lipinski definition) is 3. The maximum absolute atomic E-state index is 11.9. The van der Waals surface area contributed by atoms with Crippen LogP contribution in [0.1, 0.15) is 50.8 Å². The second kappa shape index (κ2) is 8.67. The Kier molecular flexibility index (Phi) is 7.23. The predicted octanol–water partition coefficient (Wildman–Crippen LogP) is 2.96. The van der Waals surface area contributed by atoms with Crippen LogP contribution in [0.25, 0.3) is 0 Å². The summed E-state index contributed by atoms with van der Waals surface area (Å²) in [6.45, 7) is 8.30. The minimum Gasteiger partial charge on any atom is -0.483 e. The fourth-order valence-corrected chi connectivity index (χ4v) is 2.26. The quantitative estimate of drug-likeness (QED) is 0.774. The van der Waals surface area contributed by atoms with Gasteiger partial charge in [-0.1, -0.05) is 31.0 Å². The summed E-state index contributed by atoms with van der Waals surface area (Å²) in [6.07, 6.45) is 2.04. The molecule has 0 aromatic heterocycles. The highest BCUT2D eigenvalue weighted by atomic mass is 16.5. The molecule has 118 valence electrons. The van der Waals surface area contributed by atoms with Gasteiger partial charge in [0.1, 0.15) is 5.75 Å². The summed E-state index contributed by atoms with van der Waals surface area (Å²) in [7, 11) is 1.91. The van der Waals surface area contributed by atoms with Crippen LogP contribution in [-0.2, 0) is 4.79 Å². The van der Waals surface area contributed by atoms with Crippen LogP contribution >= 0.6 is 0 Å². The molecule has 0 saturated heterocycles. The minimum atomic E-state index is -0.0698. The molecule has 2 atom stereocenters. The molecule has 4 heteroatoms. The Hall–Kier alpha value is -1.55. The van der Waals surface area contributed by atoms with E-state index in [1.165, 1.54) is 5.56 Å². The fraction of sp³-hybridized carbons (Fsp3) is 0.588. The van der Waals surface area contributed by atoms with Crippen molar-refractivity contribution in [3.63, 3.8) is 0 Å².